The number of carbonyl (C=O) groups is 3. The van der Waals surface area contributed by atoms with Crippen molar-refractivity contribution in [3.63, 3.8) is 0 Å². The summed E-state index contributed by atoms with van der Waals surface area (Å²) in [6, 6.07) is 0. The minimum absolute atomic E-state index is 0.0735. The summed E-state index contributed by atoms with van der Waals surface area (Å²) in [6.45, 7) is 6.57. The Morgan fingerprint density at radius 2 is 0.522 bits per heavy atom. The Morgan fingerprint density at radius 3 is 0.826 bits per heavy atom. The highest BCUT2D eigenvalue weighted by atomic mass is 16.6. The van der Waals surface area contributed by atoms with E-state index < -0.39 is 6.10 Å². The van der Waals surface area contributed by atoms with Crippen LogP contribution in [0.25, 0.3) is 0 Å². The molecule has 0 aliphatic rings. The molecule has 0 amide bonds. The summed E-state index contributed by atoms with van der Waals surface area (Å²) in [5.41, 5.74) is 0. The van der Waals surface area contributed by atoms with Crippen LogP contribution in [0.4, 0.5) is 0 Å². The van der Waals surface area contributed by atoms with E-state index in [0.29, 0.717) is 19.3 Å². The third-order valence-electron chi connectivity index (χ3n) is 13.9. The van der Waals surface area contributed by atoms with Crippen LogP contribution in [0.3, 0.4) is 0 Å². The Bertz CT molecular complexity index is 1110. The van der Waals surface area contributed by atoms with Crippen LogP contribution in [0.15, 0.2) is 24.3 Å². The standard InChI is InChI=1S/C63H118O6/c1-4-7-10-13-16-19-22-23-24-25-26-27-28-29-30-31-32-33-34-35-36-37-38-39-40-42-44-47-50-53-56-62(65)68-59-60(58-67-61(64)55-52-49-46-43-21-18-15-12-9-6-3)69-63(66)57-54-51-48-45-41-20-17-14-11-8-5-2/h12,14-15,17,60H,4-11,13,16,18-59H2,1-3H3/b15-12-,17-14-. The van der Waals surface area contributed by atoms with Gasteiger partial charge < -0.3 is 14.2 Å². The van der Waals surface area contributed by atoms with Crippen molar-refractivity contribution in [3.8, 4) is 0 Å². The molecular formula is C63H118O6. The van der Waals surface area contributed by atoms with Crippen molar-refractivity contribution in [2.24, 2.45) is 0 Å². The van der Waals surface area contributed by atoms with E-state index in [2.05, 4.69) is 45.1 Å². The van der Waals surface area contributed by atoms with Crippen molar-refractivity contribution in [2.45, 2.75) is 348 Å². The average molecular weight is 972 g/mol. The van der Waals surface area contributed by atoms with Crippen LogP contribution < -0.4 is 0 Å². The van der Waals surface area contributed by atoms with Crippen molar-refractivity contribution in [1.29, 1.82) is 0 Å². The highest BCUT2D eigenvalue weighted by Gasteiger charge is 2.19. The van der Waals surface area contributed by atoms with E-state index in [1.54, 1.807) is 0 Å². The van der Waals surface area contributed by atoms with E-state index in [1.807, 2.05) is 0 Å². The summed E-state index contributed by atoms with van der Waals surface area (Å²) in [7, 11) is 0. The van der Waals surface area contributed by atoms with Crippen LogP contribution in [0, 0.1) is 0 Å². The molecule has 6 nitrogen and oxygen atoms in total. The lowest BCUT2D eigenvalue weighted by Crippen LogP contribution is -2.30. The average Bonchev–Trinajstić information content (AvgIpc) is 3.35. The lowest BCUT2D eigenvalue weighted by atomic mass is 10.0. The number of esters is 3. The molecule has 0 aliphatic heterocycles. The van der Waals surface area contributed by atoms with Gasteiger partial charge in [0.15, 0.2) is 6.10 Å². The fourth-order valence-corrected chi connectivity index (χ4v) is 9.25. The zero-order chi connectivity index (χ0) is 50.0. The predicted octanol–water partition coefficient (Wildman–Crippen LogP) is 20.7. The van der Waals surface area contributed by atoms with Crippen molar-refractivity contribution < 1.29 is 28.6 Å². The Balaban J connectivity index is 3.99. The van der Waals surface area contributed by atoms with Gasteiger partial charge in [-0.15, -0.1) is 0 Å². The maximum atomic E-state index is 12.8. The molecule has 0 fully saturated rings. The smallest absolute Gasteiger partial charge is 0.306 e. The van der Waals surface area contributed by atoms with E-state index in [9.17, 15) is 14.4 Å². The summed E-state index contributed by atoms with van der Waals surface area (Å²) in [5.74, 6) is -0.878. The predicted molar refractivity (Wildman–Crippen MR) is 298 cm³/mol. The van der Waals surface area contributed by atoms with Crippen LogP contribution in [-0.2, 0) is 28.6 Å². The molecule has 0 aromatic carbocycles. The summed E-state index contributed by atoms with van der Waals surface area (Å²) in [6.07, 6.45) is 69.4. The van der Waals surface area contributed by atoms with Gasteiger partial charge in [0.1, 0.15) is 13.2 Å². The van der Waals surface area contributed by atoms with E-state index in [0.717, 1.165) is 83.5 Å². The first-order valence-electron chi connectivity index (χ1n) is 30.8. The molecule has 0 saturated carbocycles. The van der Waals surface area contributed by atoms with E-state index in [1.165, 1.54) is 218 Å². The first-order chi connectivity index (χ1) is 34.0. The second kappa shape index (κ2) is 58.5. The number of hydrogen-bond acceptors (Lipinski definition) is 6. The Labute approximate surface area is 430 Å². The molecule has 1 unspecified atom stereocenters. The van der Waals surface area contributed by atoms with Crippen molar-refractivity contribution in [3.05, 3.63) is 24.3 Å². The molecule has 0 spiro atoms. The molecule has 406 valence electrons. The molecule has 0 saturated heterocycles. The van der Waals surface area contributed by atoms with Gasteiger partial charge >= 0.3 is 17.9 Å². The molecule has 0 aromatic heterocycles. The molecule has 0 aliphatic carbocycles. The third kappa shape index (κ3) is 56.7. The topological polar surface area (TPSA) is 78.9 Å². The molecule has 0 radical (unpaired) electrons. The van der Waals surface area contributed by atoms with E-state index in [-0.39, 0.29) is 31.1 Å². The van der Waals surface area contributed by atoms with Crippen LogP contribution in [0.1, 0.15) is 342 Å². The SMILES string of the molecule is CCC/C=C\CCCCCCCC(=O)OCC(COC(=O)CCCCCCCCCCCCCCCCCCCCCCCCCCCCCCCC)OC(=O)CCCCCCC/C=C\CCCC. The van der Waals surface area contributed by atoms with Gasteiger partial charge in [-0.1, -0.05) is 289 Å². The molecule has 0 N–H and O–H groups in total. The number of carbonyl (C=O) groups excluding carboxylic acids is 3. The highest BCUT2D eigenvalue weighted by molar-refractivity contribution is 5.71. The molecular weight excluding hydrogens is 853 g/mol. The molecule has 6 heteroatoms. The lowest BCUT2D eigenvalue weighted by Gasteiger charge is -2.18. The summed E-state index contributed by atoms with van der Waals surface area (Å²) < 4.78 is 16.8. The molecule has 0 heterocycles. The van der Waals surface area contributed by atoms with Gasteiger partial charge in [0.2, 0.25) is 0 Å². The van der Waals surface area contributed by atoms with Crippen LogP contribution >= 0.6 is 0 Å². The van der Waals surface area contributed by atoms with Gasteiger partial charge in [0.05, 0.1) is 0 Å². The molecule has 1 atom stereocenters. The Morgan fingerprint density at radius 1 is 0.275 bits per heavy atom. The van der Waals surface area contributed by atoms with Crippen molar-refractivity contribution in [2.75, 3.05) is 13.2 Å². The van der Waals surface area contributed by atoms with E-state index >= 15 is 0 Å². The molecule has 0 rings (SSSR count). The van der Waals surface area contributed by atoms with Gasteiger partial charge in [-0.25, -0.2) is 0 Å². The van der Waals surface area contributed by atoms with Crippen molar-refractivity contribution in [1.82, 2.24) is 0 Å². The van der Waals surface area contributed by atoms with Gasteiger partial charge in [-0.05, 0) is 57.8 Å². The normalized spacial score (nSPS) is 12.1. The number of unbranched alkanes of at least 4 members (excludes halogenated alkanes) is 42. The highest BCUT2D eigenvalue weighted by Crippen LogP contribution is 2.18. The Kier molecular flexibility index (Phi) is 56.7. The largest absolute Gasteiger partial charge is 0.462 e. The van der Waals surface area contributed by atoms with E-state index in [4.69, 9.17) is 14.2 Å². The Hall–Kier alpha value is -2.11. The maximum Gasteiger partial charge on any atom is 0.306 e. The fraction of sp³-hybridized carbons (Fsp3) is 0.889. The second-order valence-electron chi connectivity index (χ2n) is 21.0. The van der Waals surface area contributed by atoms with Crippen LogP contribution in [0.5, 0.6) is 0 Å². The quantitative estimate of drug-likeness (QED) is 0.0261. The monoisotopic (exact) mass is 971 g/mol. The summed E-state index contributed by atoms with van der Waals surface area (Å²) in [5, 5.41) is 0. The lowest BCUT2D eigenvalue weighted by molar-refractivity contribution is -0.167. The van der Waals surface area contributed by atoms with Gasteiger partial charge in [-0.3, -0.25) is 14.4 Å². The number of rotatable bonds is 57. The van der Waals surface area contributed by atoms with Crippen LogP contribution in [-0.4, -0.2) is 37.2 Å². The number of allylic oxidation sites excluding steroid dienone is 4. The van der Waals surface area contributed by atoms with Crippen molar-refractivity contribution >= 4 is 17.9 Å². The van der Waals surface area contributed by atoms with Crippen LogP contribution in [0.2, 0.25) is 0 Å². The van der Waals surface area contributed by atoms with Gasteiger partial charge in [-0.2, -0.15) is 0 Å². The van der Waals surface area contributed by atoms with Gasteiger partial charge in [0.25, 0.3) is 0 Å². The maximum absolute atomic E-state index is 12.8. The molecule has 0 aromatic rings. The number of hydrogen-bond donors (Lipinski definition) is 0. The first kappa shape index (κ1) is 66.9. The molecule has 69 heavy (non-hydrogen) atoms. The third-order valence-corrected chi connectivity index (χ3v) is 13.9. The summed E-state index contributed by atoms with van der Waals surface area (Å²) >= 11 is 0. The minimum atomic E-state index is -0.774. The minimum Gasteiger partial charge on any atom is -0.462 e. The number of ether oxygens (including phenoxy) is 3. The summed E-state index contributed by atoms with van der Waals surface area (Å²) in [4.78, 5) is 38.0. The zero-order valence-electron chi connectivity index (χ0n) is 46.6. The second-order valence-corrected chi connectivity index (χ2v) is 21.0. The van der Waals surface area contributed by atoms with Gasteiger partial charge in [0, 0.05) is 19.3 Å². The molecule has 0 bridgehead atoms. The fourth-order valence-electron chi connectivity index (χ4n) is 9.25. The first-order valence-corrected chi connectivity index (χ1v) is 30.8. The zero-order valence-corrected chi connectivity index (χ0v) is 46.6.